The number of aryl methyl sites for hydroxylation is 1. The van der Waals surface area contributed by atoms with Gasteiger partial charge in [0.25, 0.3) is 5.91 Å². The second kappa shape index (κ2) is 9.32. The predicted octanol–water partition coefficient (Wildman–Crippen LogP) is 1.16. The second-order valence-corrected chi connectivity index (χ2v) is 7.32. The molecule has 0 bridgehead atoms. The zero-order chi connectivity index (χ0) is 19.2. The van der Waals surface area contributed by atoms with E-state index in [4.69, 9.17) is 9.15 Å². The Hall–Kier alpha value is -1.93. The molecule has 2 aliphatic heterocycles. The maximum atomic E-state index is 12.7. The summed E-state index contributed by atoms with van der Waals surface area (Å²) < 4.78 is 10.5. The summed E-state index contributed by atoms with van der Waals surface area (Å²) in [6, 6.07) is 0.0675. The highest BCUT2D eigenvalue weighted by molar-refractivity contribution is 5.92. The molecular weight excluding hydrogens is 348 g/mol. The fraction of sp³-hybridized carbons (Fsp3) is 0.737. The number of rotatable bonds is 6. The minimum absolute atomic E-state index is 0.0675. The van der Waals surface area contributed by atoms with Crippen molar-refractivity contribution < 1.29 is 18.7 Å². The quantitative estimate of drug-likeness (QED) is 0.739. The number of nitrogens with zero attached hydrogens (tertiary/aromatic N) is 4. The number of carbonyl (C=O) groups is 2. The molecule has 27 heavy (non-hydrogen) atoms. The smallest absolute Gasteiger partial charge is 0.275 e. The lowest BCUT2D eigenvalue weighted by Gasteiger charge is -2.39. The maximum Gasteiger partial charge on any atom is 0.275 e. The molecule has 3 rings (SSSR count). The van der Waals surface area contributed by atoms with E-state index in [2.05, 4.69) is 9.88 Å². The number of hydrogen-bond acceptors (Lipinski definition) is 6. The third-order valence-electron chi connectivity index (χ3n) is 5.34. The van der Waals surface area contributed by atoms with Crippen molar-refractivity contribution in [2.45, 2.75) is 39.2 Å². The van der Waals surface area contributed by atoms with E-state index in [9.17, 15) is 9.59 Å². The summed E-state index contributed by atoms with van der Waals surface area (Å²) >= 11 is 0. The zero-order valence-electron chi connectivity index (χ0n) is 16.4. The van der Waals surface area contributed by atoms with Crippen LogP contribution in [-0.4, -0.2) is 90.0 Å². The number of morpholine rings is 1. The van der Waals surface area contributed by atoms with E-state index in [1.807, 2.05) is 4.90 Å². The summed E-state index contributed by atoms with van der Waals surface area (Å²) in [6.45, 7) is 9.80. The van der Waals surface area contributed by atoms with Crippen LogP contribution in [0.4, 0.5) is 0 Å². The number of likely N-dealkylation sites (tertiary alicyclic amines) is 1. The summed E-state index contributed by atoms with van der Waals surface area (Å²) in [5, 5.41) is 0. The molecule has 1 aromatic rings. The van der Waals surface area contributed by atoms with Crippen LogP contribution >= 0.6 is 0 Å². The predicted molar refractivity (Wildman–Crippen MR) is 99.4 cm³/mol. The first-order chi connectivity index (χ1) is 13.0. The first kappa shape index (κ1) is 19.8. The SMILES string of the molecule is CC(=O)N(CCCN1CCOCC1)C1CCCN(C(=O)c2coc(C)n2)C1. The van der Waals surface area contributed by atoms with Crippen LogP contribution in [0.1, 0.15) is 42.6 Å². The third kappa shape index (κ3) is 5.29. The van der Waals surface area contributed by atoms with Crippen molar-refractivity contribution in [1.29, 1.82) is 0 Å². The van der Waals surface area contributed by atoms with Gasteiger partial charge in [-0.05, 0) is 19.3 Å². The molecule has 1 atom stereocenters. The number of oxazole rings is 1. The Bertz CT molecular complexity index is 641. The molecule has 0 N–H and O–H groups in total. The Morgan fingerprint density at radius 2 is 2.07 bits per heavy atom. The van der Waals surface area contributed by atoms with Crippen molar-refractivity contribution in [3.05, 3.63) is 17.8 Å². The zero-order valence-corrected chi connectivity index (χ0v) is 16.4. The summed E-state index contributed by atoms with van der Waals surface area (Å²) in [6.07, 6.45) is 4.16. The number of aromatic nitrogens is 1. The third-order valence-corrected chi connectivity index (χ3v) is 5.34. The van der Waals surface area contributed by atoms with Gasteiger partial charge in [-0.1, -0.05) is 0 Å². The van der Waals surface area contributed by atoms with E-state index >= 15 is 0 Å². The van der Waals surface area contributed by atoms with Crippen molar-refractivity contribution in [1.82, 2.24) is 19.7 Å². The van der Waals surface area contributed by atoms with Crippen LogP contribution in [0, 0.1) is 6.92 Å². The molecule has 2 saturated heterocycles. The Labute approximate surface area is 160 Å². The van der Waals surface area contributed by atoms with Crippen molar-refractivity contribution in [2.24, 2.45) is 0 Å². The molecule has 0 saturated carbocycles. The molecule has 0 aromatic carbocycles. The monoisotopic (exact) mass is 378 g/mol. The van der Waals surface area contributed by atoms with Crippen LogP contribution in [-0.2, 0) is 9.53 Å². The lowest BCUT2D eigenvalue weighted by Crippen LogP contribution is -2.52. The van der Waals surface area contributed by atoms with E-state index in [0.29, 0.717) is 24.7 Å². The summed E-state index contributed by atoms with van der Waals surface area (Å²) in [5.41, 5.74) is 0.342. The lowest BCUT2D eigenvalue weighted by molar-refractivity contribution is -0.132. The first-order valence-corrected chi connectivity index (χ1v) is 9.83. The topological polar surface area (TPSA) is 79.1 Å². The highest BCUT2D eigenvalue weighted by Gasteiger charge is 2.30. The van der Waals surface area contributed by atoms with E-state index in [1.165, 1.54) is 6.26 Å². The van der Waals surface area contributed by atoms with Crippen molar-refractivity contribution in [3.63, 3.8) is 0 Å². The molecule has 2 amide bonds. The number of amides is 2. The molecule has 0 radical (unpaired) electrons. The molecular formula is C19H30N4O4. The highest BCUT2D eigenvalue weighted by Crippen LogP contribution is 2.19. The Morgan fingerprint density at radius 3 is 2.74 bits per heavy atom. The van der Waals surface area contributed by atoms with Gasteiger partial charge >= 0.3 is 0 Å². The van der Waals surface area contributed by atoms with Crippen LogP contribution in [0.3, 0.4) is 0 Å². The summed E-state index contributed by atoms with van der Waals surface area (Å²) in [7, 11) is 0. The molecule has 3 heterocycles. The van der Waals surface area contributed by atoms with Gasteiger partial charge in [0.15, 0.2) is 11.6 Å². The van der Waals surface area contributed by atoms with Crippen molar-refractivity contribution in [2.75, 3.05) is 52.5 Å². The molecule has 0 aliphatic carbocycles. The largest absolute Gasteiger partial charge is 0.448 e. The van der Waals surface area contributed by atoms with E-state index in [0.717, 1.165) is 58.7 Å². The van der Waals surface area contributed by atoms with Crippen LogP contribution in [0.15, 0.2) is 10.7 Å². The van der Waals surface area contributed by atoms with Crippen LogP contribution in [0.5, 0.6) is 0 Å². The van der Waals surface area contributed by atoms with E-state index in [-0.39, 0.29) is 17.9 Å². The lowest BCUT2D eigenvalue weighted by atomic mass is 10.0. The molecule has 8 nitrogen and oxygen atoms in total. The van der Waals surface area contributed by atoms with Gasteiger partial charge in [0.1, 0.15) is 6.26 Å². The standard InChI is InChI=1S/C19H30N4O4/c1-15-20-18(14-27-15)19(25)22-7-3-5-17(13-22)23(16(2)24)8-4-6-21-9-11-26-12-10-21/h14,17H,3-13H2,1-2H3. The minimum Gasteiger partial charge on any atom is -0.448 e. The van der Waals surface area contributed by atoms with Gasteiger partial charge in [-0.3, -0.25) is 14.5 Å². The molecule has 150 valence electrons. The maximum absolute atomic E-state index is 12.7. The molecule has 1 aromatic heterocycles. The van der Waals surface area contributed by atoms with Crippen LogP contribution < -0.4 is 0 Å². The van der Waals surface area contributed by atoms with E-state index in [1.54, 1.807) is 18.7 Å². The number of ether oxygens (including phenoxy) is 1. The van der Waals surface area contributed by atoms with Gasteiger partial charge in [-0.2, -0.15) is 0 Å². The number of piperidine rings is 1. The van der Waals surface area contributed by atoms with E-state index < -0.39 is 0 Å². The van der Waals surface area contributed by atoms with Gasteiger partial charge in [0.2, 0.25) is 5.91 Å². The van der Waals surface area contributed by atoms with Crippen LogP contribution in [0.2, 0.25) is 0 Å². The Balaban J connectivity index is 1.54. The van der Waals surface area contributed by atoms with Gasteiger partial charge in [0, 0.05) is 59.2 Å². The highest BCUT2D eigenvalue weighted by atomic mass is 16.5. The molecule has 8 heteroatoms. The molecule has 1 unspecified atom stereocenters. The summed E-state index contributed by atoms with van der Waals surface area (Å²) in [5.74, 6) is 0.447. The van der Waals surface area contributed by atoms with Gasteiger partial charge in [-0.15, -0.1) is 0 Å². The Morgan fingerprint density at radius 1 is 1.30 bits per heavy atom. The van der Waals surface area contributed by atoms with Gasteiger partial charge in [-0.25, -0.2) is 4.98 Å². The second-order valence-electron chi connectivity index (χ2n) is 7.32. The van der Waals surface area contributed by atoms with Crippen molar-refractivity contribution in [3.8, 4) is 0 Å². The summed E-state index contributed by atoms with van der Waals surface area (Å²) in [4.78, 5) is 35.1. The average molecular weight is 378 g/mol. The normalized spacial score (nSPS) is 21.3. The number of carbonyl (C=O) groups excluding carboxylic acids is 2. The number of hydrogen-bond donors (Lipinski definition) is 0. The van der Waals surface area contributed by atoms with Gasteiger partial charge < -0.3 is 19.0 Å². The minimum atomic E-state index is -0.117. The molecule has 2 aliphatic rings. The van der Waals surface area contributed by atoms with Crippen LogP contribution in [0.25, 0.3) is 0 Å². The first-order valence-electron chi connectivity index (χ1n) is 9.83. The Kier molecular flexibility index (Phi) is 6.84. The van der Waals surface area contributed by atoms with Crippen molar-refractivity contribution >= 4 is 11.8 Å². The molecule has 0 spiro atoms. The fourth-order valence-corrected chi connectivity index (χ4v) is 3.90. The fourth-order valence-electron chi connectivity index (χ4n) is 3.90. The average Bonchev–Trinajstić information content (AvgIpc) is 3.11. The molecule has 2 fully saturated rings. The van der Waals surface area contributed by atoms with Gasteiger partial charge in [0.05, 0.1) is 13.2 Å².